The van der Waals surface area contributed by atoms with Crippen LogP contribution in [0, 0.1) is 5.92 Å². The van der Waals surface area contributed by atoms with Crippen LogP contribution in [0.1, 0.15) is 36.0 Å². The van der Waals surface area contributed by atoms with E-state index >= 15 is 0 Å². The van der Waals surface area contributed by atoms with Gasteiger partial charge in [-0.15, -0.1) is 0 Å². The van der Waals surface area contributed by atoms with Gasteiger partial charge in [-0.2, -0.15) is 13.2 Å². The molecule has 4 rings (SSSR count). The highest BCUT2D eigenvalue weighted by Crippen LogP contribution is 2.34. The van der Waals surface area contributed by atoms with Gasteiger partial charge in [0.15, 0.2) is 6.10 Å². The number of nitrogens with zero attached hydrogens (tertiary/aromatic N) is 1. The number of amides is 1. The van der Waals surface area contributed by atoms with Crippen LogP contribution < -0.4 is 5.32 Å². The van der Waals surface area contributed by atoms with Crippen LogP contribution in [0.2, 0.25) is 0 Å². The zero-order valence-electron chi connectivity index (χ0n) is 16.0. The van der Waals surface area contributed by atoms with E-state index < -0.39 is 18.2 Å². The summed E-state index contributed by atoms with van der Waals surface area (Å²) >= 11 is 0. The van der Waals surface area contributed by atoms with Crippen LogP contribution in [0.4, 0.5) is 13.2 Å². The zero-order chi connectivity index (χ0) is 21.3. The molecule has 158 valence electrons. The number of benzene rings is 1. The molecular formula is C22H21F3N2O3. The molecule has 1 fully saturated rings. The molecule has 8 heteroatoms. The third kappa shape index (κ3) is 4.18. The minimum absolute atomic E-state index is 0.199. The Morgan fingerprint density at radius 3 is 2.47 bits per heavy atom. The standard InChI is InChI=1S/C22H21F3N2O3/c23-22(24,25)20(28)14-5-7-16(8-6-14)27-21(29)15-3-1-13(2-4-15)19-17-10-12-30-18(17)9-11-26-19/h1-4,9-12,14,16,20,28H,5-8H2,(H,27,29)/t14?,16?,20-/m1/s1. The molecule has 1 aliphatic carbocycles. The molecule has 0 spiro atoms. The Bertz CT molecular complexity index is 1020. The molecule has 0 radical (unpaired) electrons. The SMILES string of the molecule is O=C(NC1CCC([C@@H](O)C(F)(F)F)CC1)c1ccc(-c2nccc3occc23)cc1. The number of carbonyl (C=O) groups is 1. The van der Waals surface area contributed by atoms with Crippen molar-refractivity contribution in [1.82, 2.24) is 10.3 Å². The summed E-state index contributed by atoms with van der Waals surface area (Å²) in [4.78, 5) is 16.9. The normalized spacial score (nSPS) is 20.8. The number of fused-ring (bicyclic) bond motifs is 1. The molecule has 30 heavy (non-hydrogen) atoms. The van der Waals surface area contributed by atoms with Gasteiger partial charge in [-0.25, -0.2) is 0 Å². The van der Waals surface area contributed by atoms with Crippen LogP contribution in [0.5, 0.6) is 0 Å². The molecule has 0 saturated heterocycles. The molecule has 2 heterocycles. The van der Waals surface area contributed by atoms with Gasteiger partial charge in [0.2, 0.25) is 0 Å². The quantitative estimate of drug-likeness (QED) is 0.644. The van der Waals surface area contributed by atoms with Crippen LogP contribution in [0.3, 0.4) is 0 Å². The van der Waals surface area contributed by atoms with Gasteiger partial charge in [0, 0.05) is 28.8 Å². The van der Waals surface area contributed by atoms with Gasteiger partial charge < -0.3 is 14.8 Å². The fourth-order valence-electron chi connectivity index (χ4n) is 4.02. The van der Waals surface area contributed by atoms with E-state index in [1.165, 1.54) is 0 Å². The maximum Gasteiger partial charge on any atom is 0.414 e. The Labute approximate surface area is 170 Å². The van der Waals surface area contributed by atoms with Crippen molar-refractivity contribution in [2.24, 2.45) is 5.92 Å². The lowest BCUT2D eigenvalue weighted by molar-refractivity contribution is -0.222. The van der Waals surface area contributed by atoms with Crippen molar-refractivity contribution in [1.29, 1.82) is 0 Å². The van der Waals surface area contributed by atoms with Crippen molar-refractivity contribution in [2.75, 3.05) is 0 Å². The lowest BCUT2D eigenvalue weighted by atomic mass is 9.82. The van der Waals surface area contributed by atoms with Crippen molar-refractivity contribution in [3.63, 3.8) is 0 Å². The predicted molar refractivity (Wildman–Crippen MR) is 105 cm³/mol. The number of rotatable bonds is 4. The summed E-state index contributed by atoms with van der Waals surface area (Å²) in [6.07, 6.45) is -2.36. The fraction of sp³-hybridized carbons (Fsp3) is 0.364. The summed E-state index contributed by atoms with van der Waals surface area (Å²) in [5, 5.41) is 13.2. The number of alkyl halides is 3. The molecule has 1 saturated carbocycles. The number of aromatic nitrogens is 1. The molecule has 1 aliphatic rings. The average molecular weight is 418 g/mol. The number of halogens is 3. The van der Waals surface area contributed by atoms with Gasteiger partial charge in [-0.3, -0.25) is 9.78 Å². The average Bonchev–Trinajstić information content (AvgIpc) is 3.22. The van der Waals surface area contributed by atoms with Gasteiger partial charge in [0.05, 0.1) is 12.0 Å². The number of aliphatic hydroxyl groups excluding tert-OH is 1. The minimum Gasteiger partial charge on any atom is -0.464 e. The van der Waals surface area contributed by atoms with Crippen LogP contribution in [-0.4, -0.2) is 34.3 Å². The first-order valence-electron chi connectivity index (χ1n) is 9.81. The molecule has 5 nitrogen and oxygen atoms in total. The topological polar surface area (TPSA) is 75.4 Å². The Morgan fingerprint density at radius 1 is 1.10 bits per heavy atom. The Balaban J connectivity index is 1.38. The van der Waals surface area contributed by atoms with Gasteiger partial charge in [-0.1, -0.05) is 12.1 Å². The summed E-state index contributed by atoms with van der Waals surface area (Å²) < 4.78 is 43.4. The largest absolute Gasteiger partial charge is 0.464 e. The van der Waals surface area contributed by atoms with Crippen molar-refractivity contribution in [3.05, 3.63) is 54.4 Å². The molecule has 0 aliphatic heterocycles. The smallest absolute Gasteiger partial charge is 0.414 e. The highest BCUT2D eigenvalue weighted by Gasteiger charge is 2.44. The maximum atomic E-state index is 12.7. The number of pyridine rings is 1. The third-order valence-electron chi connectivity index (χ3n) is 5.69. The van der Waals surface area contributed by atoms with Crippen molar-refractivity contribution in [2.45, 2.75) is 44.0 Å². The van der Waals surface area contributed by atoms with Crippen LogP contribution in [-0.2, 0) is 0 Å². The van der Waals surface area contributed by atoms with E-state index in [4.69, 9.17) is 4.42 Å². The Hall–Kier alpha value is -2.87. The van der Waals surface area contributed by atoms with Crippen LogP contribution >= 0.6 is 0 Å². The molecule has 1 amide bonds. The first kappa shape index (κ1) is 20.4. The monoisotopic (exact) mass is 418 g/mol. The molecule has 0 unspecified atom stereocenters. The number of aliphatic hydroxyl groups is 1. The first-order valence-corrected chi connectivity index (χ1v) is 9.81. The summed E-state index contributed by atoms with van der Waals surface area (Å²) in [5.74, 6) is -1.08. The third-order valence-corrected chi connectivity index (χ3v) is 5.69. The second kappa shape index (κ2) is 8.10. The molecule has 2 aromatic heterocycles. The fourth-order valence-corrected chi connectivity index (χ4v) is 4.02. The molecule has 3 aromatic rings. The second-order valence-corrected chi connectivity index (χ2v) is 7.64. The molecule has 2 N–H and O–H groups in total. The minimum atomic E-state index is -4.60. The summed E-state index contributed by atoms with van der Waals surface area (Å²) in [6.45, 7) is 0. The van der Waals surface area contributed by atoms with E-state index in [1.807, 2.05) is 6.07 Å². The molecular weight excluding hydrogens is 397 g/mol. The number of hydrogen-bond donors (Lipinski definition) is 2. The first-order chi connectivity index (χ1) is 14.3. The molecule has 1 aromatic carbocycles. The molecule has 1 atom stereocenters. The molecule has 0 bridgehead atoms. The number of furan rings is 1. The van der Waals surface area contributed by atoms with Crippen molar-refractivity contribution in [3.8, 4) is 11.3 Å². The Kier molecular flexibility index (Phi) is 5.51. The number of carbonyl (C=O) groups excluding carboxylic acids is 1. The van der Waals surface area contributed by atoms with E-state index in [2.05, 4.69) is 10.3 Å². The van der Waals surface area contributed by atoms with Crippen LogP contribution in [0.25, 0.3) is 22.2 Å². The van der Waals surface area contributed by atoms with Gasteiger partial charge >= 0.3 is 6.18 Å². The van der Waals surface area contributed by atoms with Crippen LogP contribution in [0.15, 0.2) is 53.3 Å². The van der Waals surface area contributed by atoms with Crippen molar-refractivity contribution < 1.29 is 27.5 Å². The van der Waals surface area contributed by atoms with E-state index in [0.29, 0.717) is 18.4 Å². The van der Waals surface area contributed by atoms with Gasteiger partial charge in [0.1, 0.15) is 5.58 Å². The van der Waals surface area contributed by atoms with Gasteiger partial charge in [-0.05, 0) is 55.9 Å². The Morgan fingerprint density at radius 2 is 1.80 bits per heavy atom. The number of hydrogen-bond acceptors (Lipinski definition) is 4. The summed E-state index contributed by atoms with van der Waals surface area (Å²) in [7, 11) is 0. The summed E-state index contributed by atoms with van der Waals surface area (Å²) in [5.41, 5.74) is 2.80. The highest BCUT2D eigenvalue weighted by atomic mass is 19.4. The predicted octanol–water partition coefficient (Wildman–Crippen LogP) is 4.71. The van der Waals surface area contributed by atoms with E-state index in [9.17, 15) is 23.1 Å². The lowest BCUT2D eigenvalue weighted by Crippen LogP contribution is -2.42. The summed E-state index contributed by atoms with van der Waals surface area (Å²) in [6, 6.07) is 10.4. The zero-order valence-corrected chi connectivity index (χ0v) is 16.0. The van der Waals surface area contributed by atoms with E-state index in [-0.39, 0.29) is 24.8 Å². The second-order valence-electron chi connectivity index (χ2n) is 7.64. The van der Waals surface area contributed by atoms with Gasteiger partial charge in [0.25, 0.3) is 5.91 Å². The maximum absolute atomic E-state index is 12.7. The number of nitrogens with one attached hydrogen (secondary N) is 1. The van der Waals surface area contributed by atoms with E-state index in [0.717, 1.165) is 22.2 Å². The lowest BCUT2D eigenvalue weighted by Gasteiger charge is -2.32. The van der Waals surface area contributed by atoms with Crippen molar-refractivity contribution >= 4 is 16.9 Å². The highest BCUT2D eigenvalue weighted by molar-refractivity contribution is 5.96. The van der Waals surface area contributed by atoms with E-state index in [1.54, 1.807) is 42.8 Å².